The molecule has 1 amide bonds. The van der Waals surface area contributed by atoms with Crippen LogP contribution in [0.15, 0.2) is 72.3 Å². The lowest BCUT2D eigenvalue weighted by Gasteiger charge is -2.23. The maximum absolute atomic E-state index is 13.4. The van der Waals surface area contributed by atoms with Crippen LogP contribution in [-0.2, 0) is 9.59 Å². The smallest absolute Gasteiger partial charge is 0.301 e. The van der Waals surface area contributed by atoms with Crippen LogP contribution in [-0.4, -0.2) is 28.9 Å². The second-order valence-electron chi connectivity index (χ2n) is 8.24. The summed E-state index contributed by atoms with van der Waals surface area (Å²) in [7, 11) is 1.55. The molecule has 0 bridgehead atoms. The third-order valence-electron chi connectivity index (χ3n) is 5.93. The molecule has 0 spiro atoms. The molecule has 1 N–H and O–H groups in total. The van der Waals surface area contributed by atoms with E-state index in [0.717, 1.165) is 21.3 Å². The van der Waals surface area contributed by atoms with Crippen LogP contribution in [0.4, 0.5) is 5.13 Å². The highest BCUT2D eigenvalue weighted by Crippen LogP contribution is 2.45. The first kappa shape index (κ1) is 21.9. The fraction of sp³-hybridized carbons (Fsp3) is 0.148. The molecule has 7 heteroatoms. The highest BCUT2D eigenvalue weighted by molar-refractivity contribution is 7.22. The molecular weight excluding hydrogens is 448 g/mol. The van der Waals surface area contributed by atoms with Gasteiger partial charge in [0.15, 0.2) is 5.13 Å². The molecule has 1 aliphatic rings. The van der Waals surface area contributed by atoms with Crippen molar-refractivity contribution in [2.45, 2.75) is 19.9 Å². The van der Waals surface area contributed by atoms with E-state index in [9.17, 15) is 14.7 Å². The maximum atomic E-state index is 13.4. The van der Waals surface area contributed by atoms with E-state index in [1.54, 1.807) is 49.6 Å². The maximum Gasteiger partial charge on any atom is 0.301 e. The van der Waals surface area contributed by atoms with Crippen molar-refractivity contribution in [2.24, 2.45) is 0 Å². The molecule has 34 heavy (non-hydrogen) atoms. The number of amides is 1. The van der Waals surface area contributed by atoms with Gasteiger partial charge in [0, 0.05) is 5.56 Å². The van der Waals surface area contributed by atoms with Gasteiger partial charge in [-0.3, -0.25) is 14.5 Å². The van der Waals surface area contributed by atoms with E-state index < -0.39 is 17.7 Å². The van der Waals surface area contributed by atoms with E-state index in [0.29, 0.717) is 22.0 Å². The van der Waals surface area contributed by atoms with Crippen molar-refractivity contribution in [3.8, 4) is 5.75 Å². The van der Waals surface area contributed by atoms with E-state index in [-0.39, 0.29) is 11.3 Å². The summed E-state index contributed by atoms with van der Waals surface area (Å²) >= 11 is 1.35. The fourth-order valence-electron chi connectivity index (χ4n) is 4.37. The average molecular weight is 471 g/mol. The largest absolute Gasteiger partial charge is 0.507 e. The minimum absolute atomic E-state index is 0.0246. The predicted octanol–water partition coefficient (Wildman–Crippen LogP) is 5.55. The summed E-state index contributed by atoms with van der Waals surface area (Å²) in [5.41, 5.74) is 4.01. The highest BCUT2D eigenvalue weighted by atomic mass is 32.1. The Morgan fingerprint density at radius 2 is 1.79 bits per heavy atom. The summed E-state index contributed by atoms with van der Waals surface area (Å²) in [6, 6.07) is 19.1. The first-order valence-corrected chi connectivity index (χ1v) is 11.6. The first-order chi connectivity index (χ1) is 16.4. The van der Waals surface area contributed by atoms with Crippen LogP contribution in [0.1, 0.15) is 28.3 Å². The van der Waals surface area contributed by atoms with Crippen LogP contribution in [0.25, 0.3) is 16.0 Å². The van der Waals surface area contributed by atoms with Gasteiger partial charge in [-0.1, -0.05) is 59.9 Å². The average Bonchev–Trinajstić information content (AvgIpc) is 3.38. The van der Waals surface area contributed by atoms with Crippen molar-refractivity contribution in [1.82, 2.24) is 4.98 Å². The van der Waals surface area contributed by atoms with Gasteiger partial charge in [0.2, 0.25) is 0 Å². The summed E-state index contributed by atoms with van der Waals surface area (Å²) in [5.74, 6) is -1.11. The minimum atomic E-state index is -0.850. The van der Waals surface area contributed by atoms with E-state index in [1.165, 1.54) is 16.2 Å². The molecule has 1 aliphatic heterocycles. The van der Waals surface area contributed by atoms with Crippen molar-refractivity contribution in [3.05, 3.63) is 94.6 Å². The number of Topliss-reactive ketones (excluding diaryl/α,β-unsaturated/α-hetero) is 1. The Bertz CT molecular complexity index is 1470. The molecule has 3 aromatic carbocycles. The zero-order valence-electron chi connectivity index (χ0n) is 18.9. The van der Waals surface area contributed by atoms with Crippen LogP contribution < -0.4 is 9.64 Å². The van der Waals surface area contributed by atoms with E-state index in [4.69, 9.17) is 9.72 Å². The third-order valence-corrected chi connectivity index (χ3v) is 6.93. The molecule has 1 saturated heterocycles. The number of hydrogen-bond acceptors (Lipinski definition) is 6. The summed E-state index contributed by atoms with van der Waals surface area (Å²) < 4.78 is 6.32. The summed E-state index contributed by atoms with van der Waals surface area (Å²) in [4.78, 5) is 32.8. The Labute approximate surface area is 200 Å². The molecular formula is C27H22N2O4S. The fourth-order valence-corrected chi connectivity index (χ4v) is 5.54. The van der Waals surface area contributed by atoms with Crippen LogP contribution in [0, 0.1) is 13.8 Å². The summed E-state index contributed by atoms with van der Waals surface area (Å²) in [6.07, 6.45) is 0. The van der Waals surface area contributed by atoms with Crippen molar-refractivity contribution in [3.63, 3.8) is 0 Å². The quantitative estimate of drug-likeness (QED) is 0.240. The molecule has 6 nitrogen and oxygen atoms in total. The monoisotopic (exact) mass is 470 g/mol. The molecule has 0 unspecified atom stereocenters. The number of nitrogens with zero attached hydrogens (tertiary/aromatic N) is 2. The van der Waals surface area contributed by atoms with Gasteiger partial charge < -0.3 is 9.84 Å². The third kappa shape index (κ3) is 3.54. The number of ether oxygens (including phenoxy) is 1. The minimum Gasteiger partial charge on any atom is -0.507 e. The second kappa shape index (κ2) is 8.43. The number of carbonyl (C=O) groups is 2. The molecule has 4 aromatic rings. The number of benzene rings is 3. The molecule has 1 atom stereocenters. The summed E-state index contributed by atoms with van der Waals surface area (Å²) in [6.45, 7) is 3.98. The molecule has 1 fully saturated rings. The normalized spacial score (nSPS) is 17.5. The van der Waals surface area contributed by atoms with Crippen LogP contribution in [0.2, 0.25) is 0 Å². The van der Waals surface area contributed by atoms with Crippen molar-refractivity contribution in [2.75, 3.05) is 12.0 Å². The Balaban J connectivity index is 1.76. The number of aliphatic hydroxyl groups is 1. The molecule has 2 heterocycles. The van der Waals surface area contributed by atoms with Gasteiger partial charge in [-0.05, 0) is 48.7 Å². The number of ketones is 1. The highest BCUT2D eigenvalue weighted by Gasteiger charge is 2.48. The van der Waals surface area contributed by atoms with Crippen LogP contribution in [0.3, 0.4) is 0 Å². The van der Waals surface area contributed by atoms with Crippen molar-refractivity contribution in [1.29, 1.82) is 0 Å². The molecule has 1 aromatic heterocycles. The van der Waals surface area contributed by atoms with E-state index in [2.05, 4.69) is 0 Å². The van der Waals surface area contributed by atoms with Gasteiger partial charge in [-0.15, -0.1) is 0 Å². The number of hydrogen-bond donors (Lipinski definition) is 1. The van der Waals surface area contributed by atoms with Gasteiger partial charge >= 0.3 is 5.91 Å². The van der Waals surface area contributed by atoms with Gasteiger partial charge in [-0.25, -0.2) is 4.98 Å². The number of thiazole rings is 1. The number of carbonyl (C=O) groups excluding carboxylic acids is 2. The van der Waals surface area contributed by atoms with Crippen molar-refractivity contribution < 1.29 is 19.4 Å². The molecule has 170 valence electrons. The number of aromatic nitrogens is 1. The zero-order chi connectivity index (χ0) is 24.0. The van der Waals surface area contributed by atoms with Gasteiger partial charge in [0.1, 0.15) is 11.5 Å². The second-order valence-corrected chi connectivity index (χ2v) is 9.25. The standard InChI is InChI=1S/C27H22N2O4S/c1-15-12-16(2)22-20(13-15)34-27(28-22)29-23(18-10-7-11-19(14-18)33-3)21(25(31)26(29)32)24(30)17-8-5-4-6-9-17/h4-14,23,30H,1-3H3/t23-/m1/s1. The summed E-state index contributed by atoms with van der Waals surface area (Å²) in [5, 5.41) is 11.6. The van der Waals surface area contributed by atoms with Crippen molar-refractivity contribution >= 4 is 44.1 Å². The number of aryl methyl sites for hydroxylation is 2. The molecule has 0 aliphatic carbocycles. The Morgan fingerprint density at radius 1 is 1.03 bits per heavy atom. The number of aliphatic hydroxyl groups excluding tert-OH is 1. The molecule has 0 saturated carbocycles. The topological polar surface area (TPSA) is 79.7 Å². The SMILES string of the molecule is COc1cccc([C@@H]2C(=C(O)c3ccccc3)C(=O)C(=O)N2c2nc3c(C)cc(C)cc3s2)c1. The zero-order valence-corrected chi connectivity index (χ0v) is 19.7. The number of rotatable bonds is 4. The van der Waals surface area contributed by atoms with Crippen LogP contribution in [0.5, 0.6) is 5.75 Å². The van der Waals surface area contributed by atoms with Gasteiger partial charge in [0.05, 0.1) is 28.9 Å². The van der Waals surface area contributed by atoms with E-state index in [1.807, 2.05) is 38.1 Å². The van der Waals surface area contributed by atoms with Crippen LogP contribution >= 0.6 is 11.3 Å². The number of methoxy groups -OCH3 is 1. The number of fused-ring (bicyclic) bond motifs is 1. The van der Waals surface area contributed by atoms with Gasteiger partial charge in [0.25, 0.3) is 5.78 Å². The molecule has 0 radical (unpaired) electrons. The number of anilines is 1. The lowest BCUT2D eigenvalue weighted by Crippen LogP contribution is -2.29. The lowest BCUT2D eigenvalue weighted by molar-refractivity contribution is -0.132. The lowest BCUT2D eigenvalue weighted by atomic mass is 9.95. The Hall–Kier alpha value is -3.97. The first-order valence-electron chi connectivity index (χ1n) is 10.8. The van der Waals surface area contributed by atoms with Gasteiger partial charge in [-0.2, -0.15) is 0 Å². The van der Waals surface area contributed by atoms with E-state index >= 15 is 0 Å². The predicted molar refractivity (Wildman–Crippen MR) is 133 cm³/mol. The molecule has 5 rings (SSSR count). The Morgan fingerprint density at radius 3 is 2.53 bits per heavy atom. The Kier molecular flexibility index (Phi) is 5.42.